The van der Waals surface area contributed by atoms with Crippen LogP contribution in [0.2, 0.25) is 0 Å². The third-order valence-corrected chi connectivity index (χ3v) is 5.05. The van der Waals surface area contributed by atoms with E-state index in [2.05, 4.69) is 55.4 Å². The number of hydrogen-bond donors (Lipinski definition) is 0. The predicted octanol–water partition coefficient (Wildman–Crippen LogP) is 7.01. The summed E-state index contributed by atoms with van der Waals surface area (Å²) in [6, 6.07) is 16.3. The van der Waals surface area contributed by atoms with Crippen molar-refractivity contribution < 1.29 is 4.52 Å². The molecule has 4 rings (SSSR count). The number of benzene rings is 2. The van der Waals surface area contributed by atoms with Gasteiger partial charge in [0.25, 0.3) is 0 Å². The molecule has 0 unspecified atom stereocenters. The van der Waals surface area contributed by atoms with Crippen LogP contribution in [-0.4, -0.2) is 9.53 Å². The lowest BCUT2D eigenvalue weighted by molar-refractivity contribution is 0.378. The Morgan fingerprint density at radius 2 is 1.40 bits per heavy atom. The molecule has 25 heavy (non-hydrogen) atoms. The van der Waals surface area contributed by atoms with Gasteiger partial charge in [0.2, 0.25) is 0 Å². The van der Waals surface area contributed by atoms with Crippen molar-refractivity contribution in [2.24, 2.45) is 0 Å². The second-order valence-electron chi connectivity index (χ2n) is 6.44. The maximum absolute atomic E-state index is 5.23. The van der Waals surface area contributed by atoms with E-state index >= 15 is 0 Å². The fourth-order valence-electron chi connectivity index (χ4n) is 2.65. The highest BCUT2D eigenvalue weighted by molar-refractivity contribution is 7.07. The van der Waals surface area contributed by atoms with Crippen LogP contribution in [0, 0.1) is 0 Å². The topological polar surface area (TPSA) is 38.9 Å². The van der Waals surface area contributed by atoms with Gasteiger partial charge in [-0.3, -0.25) is 0 Å². The first-order valence-electron chi connectivity index (χ1n) is 8.26. The van der Waals surface area contributed by atoms with Crippen LogP contribution in [0.1, 0.15) is 57.6 Å². The lowest BCUT2D eigenvalue weighted by atomic mass is 10.1. The van der Waals surface area contributed by atoms with Gasteiger partial charge in [-0.15, -0.1) is 0 Å². The summed E-state index contributed by atoms with van der Waals surface area (Å²) in [5, 5.41) is 6.41. The summed E-state index contributed by atoms with van der Waals surface area (Å²) >= 11 is 1.62. The fourth-order valence-corrected chi connectivity index (χ4v) is 3.49. The molecule has 0 amide bonds. The Morgan fingerprint density at radius 1 is 0.800 bits per heavy atom. The zero-order valence-corrected chi connectivity index (χ0v) is 15.3. The molecule has 0 atom stereocenters. The quantitative estimate of drug-likeness (QED) is 0.389. The molecule has 4 heteroatoms. The molecule has 0 aliphatic rings. The molecule has 2 aromatic carbocycles. The second-order valence-corrected chi connectivity index (χ2v) is 7.24. The summed E-state index contributed by atoms with van der Waals surface area (Å²) in [6.07, 6.45) is 0. The SMILES string of the molecule is C.CC(C)c1onc2ccccc12.CC(C)c1snc2ccccc12. The first kappa shape index (κ1) is 19.1. The Morgan fingerprint density at radius 3 is 2.04 bits per heavy atom. The van der Waals surface area contributed by atoms with Crippen molar-refractivity contribution in [2.75, 3.05) is 0 Å². The molecular formula is C21H26N2OS. The molecule has 2 heterocycles. The molecule has 0 saturated carbocycles. The molecule has 0 spiro atoms. The fraction of sp³-hybridized carbons (Fsp3) is 0.333. The zero-order chi connectivity index (χ0) is 17.1. The lowest BCUT2D eigenvalue weighted by Crippen LogP contribution is -1.82. The Kier molecular flexibility index (Phi) is 6.32. The average molecular weight is 355 g/mol. The monoisotopic (exact) mass is 354 g/mol. The van der Waals surface area contributed by atoms with E-state index in [0.717, 1.165) is 22.2 Å². The smallest absolute Gasteiger partial charge is 0.147 e. The maximum Gasteiger partial charge on any atom is 0.147 e. The van der Waals surface area contributed by atoms with Crippen LogP contribution in [0.5, 0.6) is 0 Å². The van der Waals surface area contributed by atoms with Gasteiger partial charge in [0, 0.05) is 21.6 Å². The molecule has 0 saturated heterocycles. The summed E-state index contributed by atoms with van der Waals surface area (Å²) in [4.78, 5) is 1.39. The van der Waals surface area contributed by atoms with Gasteiger partial charge in [0.1, 0.15) is 11.3 Å². The molecule has 4 aromatic rings. The minimum atomic E-state index is 0. The number of fused-ring (bicyclic) bond motifs is 2. The average Bonchev–Trinajstić information content (AvgIpc) is 3.19. The first-order valence-corrected chi connectivity index (χ1v) is 9.04. The summed E-state index contributed by atoms with van der Waals surface area (Å²) in [7, 11) is 0. The summed E-state index contributed by atoms with van der Waals surface area (Å²) in [5.74, 6) is 1.96. The molecule has 0 bridgehead atoms. The van der Waals surface area contributed by atoms with E-state index in [0.29, 0.717) is 11.8 Å². The van der Waals surface area contributed by atoms with E-state index in [1.54, 1.807) is 11.5 Å². The third-order valence-electron chi connectivity index (χ3n) is 3.87. The van der Waals surface area contributed by atoms with Gasteiger partial charge in [-0.05, 0) is 35.6 Å². The van der Waals surface area contributed by atoms with E-state index in [-0.39, 0.29) is 7.43 Å². The molecule has 0 aliphatic carbocycles. The van der Waals surface area contributed by atoms with Crippen LogP contribution in [0.3, 0.4) is 0 Å². The lowest BCUT2D eigenvalue weighted by Gasteiger charge is -1.98. The molecular weight excluding hydrogens is 328 g/mol. The molecule has 2 aromatic heterocycles. The van der Waals surface area contributed by atoms with Crippen LogP contribution in [0.25, 0.3) is 21.8 Å². The number of nitrogens with zero attached hydrogens (tertiary/aromatic N) is 2. The van der Waals surface area contributed by atoms with Gasteiger partial charge in [-0.25, -0.2) is 0 Å². The van der Waals surface area contributed by atoms with Crippen molar-refractivity contribution in [1.29, 1.82) is 0 Å². The summed E-state index contributed by atoms with van der Waals surface area (Å²) in [6.45, 7) is 8.62. The number of aromatic nitrogens is 2. The van der Waals surface area contributed by atoms with Gasteiger partial charge in [-0.1, -0.05) is 70.6 Å². The molecule has 0 fully saturated rings. The highest BCUT2D eigenvalue weighted by atomic mass is 32.1. The van der Waals surface area contributed by atoms with E-state index in [1.807, 2.05) is 30.3 Å². The second kappa shape index (κ2) is 8.26. The van der Waals surface area contributed by atoms with Crippen molar-refractivity contribution in [1.82, 2.24) is 9.53 Å². The molecule has 3 nitrogen and oxygen atoms in total. The van der Waals surface area contributed by atoms with Gasteiger partial charge >= 0.3 is 0 Å². The van der Waals surface area contributed by atoms with Crippen molar-refractivity contribution in [3.05, 3.63) is 59.2 Å². The third kappa shape index (κ3) is 4.07. The Bertz CT molecular complexity index is 859. The van der Waals surface area contributed by atoms with Gasteiger partial charge in [-0.2, -0.15) is 4.37 Å². The highest BCUT2D eigenvalue weighted by Gasteiger charge is 2.10. The summed E-state index contributed by atoms with van der Waals surface area (Å²) in [5.41, 5.74) is 2.08. The number of rotatable bonds is 2. The van der Waals surface area contributed by atoms with Crippen molar-refractivity contribution in [3.63, 3.8) is 0 Å². The van der Waals surface area contributed by atoms with Crippen LogP contribution in [0.15, 0.2) is 53.1 Å². The molecule has 0 radical (unpaired) electrons. The highest BCUT2D eigenvalue weighted by Crippen LogP contribution is 2.28. The predicted molar refractivity (Wildman–Crippen MR) is 109 cm³/mol. The van der Waals surface area contributed by atoms with E-state index < -0.39 is 0 Å². The standard InChI is InChI=1S/C10H11NO.C10H11NS.CH4/c2*1-7(2)10-8-5-3-4-6-9(8)11-12-10;/h2*3-7H,1-2H3;1H4. The minimum absolute atomic E-state index is 0. The van der Waals surface area contributed by atoms with Crippen molar-refractivity contribution in [3.8, 4) is 0 Å². The van der Waals surface area contributed by atoms with E-state index in [4.69, 9.17) is 4.52 Å². The first-order chi connectivity index (χ1) is 11.6. The largest absolute Gasteiger partial charge is 0.360 e. The maximum atomic E-state index is 5.23. The Balaban J connectivity index is 0.000000173. The van der Waals surface area contributed by atoms with Gasteiger partial charge in [0.15, 0.2) is 0 Å². The molecule has 0 aliphatic heterocycles. The van der Waals surface area contributed by atoms with Gasteiger partial charge < -0.3 is 4.52 Å². The minimum Gasteiger partial charge on any atom is -0.360 e. The Labute approximate surface area is 153 Å². The van der Waals surface area contributed by atoms with Crippen LogP contribution in [-0.2, 0) is 0 Å². The van der Waals surface area contributed by atoms with Crippen LogP contribution in [0.4, 0.5) is 0 Å². The molecule has 132 valence electrons. The van der Waals surface area contributed by atoms with Crippen LogP contribution >= 0.6 is 11.5 Å². The van der Waals surface area contributed by atoms with Crippen molar-refractivity contribution >= 4 is 33.3 Å². The Hall–Kier alpha value is -2.20. The normalized spacial score (nSPS) is 10.8. The van der Waals surface area contributed by atoms with E-state index in [9.17, 15) is 0 Å². The van der Waals surface area contributed by atoms with E-state index in [1.165, 1.54) is 10.3 Å². The molecule has 0 N–H and O–H groups in total. The van der Waals surface area contributed by atoms with Crippen LogP contribution < -0.4 is 0 Å². The van der Waals surface area contributed by atoms with Gasteiger partial charge in [0.05, 0.1) is 5.52 Å². The zero-order valence-electron chi connectivity index (χ0n) is 14.5. The van der Waals surface area contributed by atoms with Crippen molar-refractivity contribution in [2.45, 2.75) is 47.0 Å². The number of hydrogen-bond acceptors (Lipinski definition) is 4. The summed E-state index contributed by atoms with van der Waals surface area (Å²) < 4.78 is 9.61.